The van der Waals surface area contributed by atoms with Crippen LogP contribution < -0.4 is 31.2 Å². The molecule has 0 amide bonds. The fraction of sp³-hybridized carbons (Fsp3) is 0.417. The Morgan fingerprint density at radius 1 is 0.915 bits per heavy atom. The molecule has 1 aliphatic carbocycles. The summed E-state index contributed by atoms with van der Waals surface area (Å²) in [4.78, 5) is 14.9. The number of anilines is 1. The van der Waals surface area contributed by atoms with Gasteiger partial charge in [-0.1, -0.05) is 6.07 Å². The van der Waals surface area contributed by atoms with Crippen LogP contribution in [0, 0.1) is 0 Å². The smallest absolute Gasteiger partial charge is 0.336 e. The number of thiocarbonyl (C=S) groups is 1. The highest BCUT2D eigenvalue weighted by molar-refractivity contribution is 7.80. The minimum atomic E-state index is -0.994. The Bertz CT molecular complexity index is 1700. The Hall–Kier alpha value is -4.03. The molecule has 11 heteroatoms. The van der Waals surface area contributed by atoms with Crippen molar-refractivity contribution in [3.8, 4) is 22.5 Å². The summed E-state index contributed by atoms with van der Waals surface area (Å²) in [5, 5.41) is 19.1. The number of carboxylic acids is 1. The topological polar surface area (TPSA) is 125 Å². The van der Waals surface area contributed by atoms with Crippen molar-refractivity contribution in [2.24, 2.45) is 5.73 Å². The molecule has 0 fully saturated rings. The highest BCUT2D eigenvalue weighted by atomic mass is 32.1. The van der Waals surface area contributed by atoms with E-state index >= 15 is 0 Å². The summed E-state index contributed by atoms with van der Waals surface area (Å²) in [6.07, 6.45) is 0. The Labute approximate surface area is 282 Å². The normalized spacial score (nSPS) is 11.2. The molecular formula is C36H48N5O5S+. The third-order valence-electron chi connectivity index (χ3n) is 8.15. The number of nitrogens with one attached hydrogen (secondary N) is 2. The van der Waals surface area contributed by atoms with Crippen molar-refractivity contribution in [1.29, 1.82) is 0 Å². The van der Waals surface area contributed by atoms with Crippen LogP contribution in [-0.4, -0.2) is 81.9 Å². The molecule has 10 nitrogen and oxygen atoms in total. The summed E-state index contributed by atoms with van der Waals surface area (Å²) < 4.78 is 19.7. The molecule has 0 unspecified atom stereocenters. The zero-order chi connectivity index (χ0) is 33.8. The first-order chi connectivity index (χ1) is 22.8. The minimum absolute atomic E-state index is 0.219. The number of nitrogens with zero attached hydrogens (tertiary/aromatic N) is 2. The molecule has 2 aromatic carbocycles. The number of rotatable bonds is 17. The molecule has 2 aliphatic rings. The van der Waals surface area contributed by atoms with Crippen LogP contribution >= 0.6 is 12.2 Å². The quantitative estimate of drug-likeness (QED) is 0.0556. The maximum Gasteiger partial charge on any atom is 0.336 e. The van der Waals surface area contributed by atoms with E-state index in [4.69, 9.17) is 31.8 Å². The van der Waals surface area contributed by atoms with Gasteiger partial charge >= 0.3 is 5.97 Å². The fourth-order valence-corrected chi connectivity index (χ4v) is 5.88. The first-order valence-corrected chi connectivity index (χ1v) is 16.8. The number of fused-ring (bicyclic) bond motifs is 2. The van der Waals surface area contributed by atoms with Crippen molar-refractivity contribution in [2.45, 2.75) is 34.2 Å². The lowest BCUT2D eigenvalue weighted by Crippen LogP contribution is -2.36. The molecule has 252 valence electrons. The molecular weight excluding hydrogens is 614 g/mol. The summed E-state index contributed by atoms with van der Waals surface area (Å²) in [5.74, 6) is -0.293. The zero-order valence-electron chi connectivity index (χ0n) is 27.9. The van der Waals surface area contributed by atoms with E-state index in [2.05, 4.69) is 72.1 Å². The van der Waals surface area contributed by atoms with Gasteiger partial charge in [0.15, 0.2) is 5.11 Å². The van der Waals surface area contributed by atoms with Crippen molar-refractivity contribution >= 4 is 40.0 Å². The summed E-state index contributed by atoms with van der Waals surface area (Å²) in [5.41, 5.74) is 10.6. The molecule has 5 N–H and O–H groups in total. The third kappa shape index (κ3) is 9.07. The number of aromatic carboxylic acids is 1. The van der Waals surface area contributed by atoms with Gasteiger partial charge < -0.3 is 40.3 Å². The van der Waals surface area contributed by atoms with Gasteiger partial charge in [0.25, 0.3) is 0 Å². The number of hydrogen-bond donors (Lipinski definition) is 4. The van der Waals surface area contributed by atoms with Gasteiger partial charge in [-0.05, 0) is 81.4 Å². The van der Waals surface area contributed by atoms with E-state index < -0.39 is 5.97 Å². The van der Waals surface area contributed by atoms with E-state index in [1.165, 1.54) is 0 Å². The van der Waals surface area contributed by atoms with Crippen molar-refractivity contribution in [1.82, 2.24) is 15.2 Å². The molecule has 0 aromatic heterocycles. The molecule has 0 radical (unpaired) electrons. The molecule has 1 aliphatic heterocycles. The molecule has 0 bridgehead atoms. The lowest BCUT2D eigenvalue weighted by Gasteiger charge is -2.23. The molecule has 0 saturated heterocycles. The molecule has 47 heavy (non-hydrogen) atoms. The van der Waals surface area contributed by atoms with Crippen LogP contribution in [0.15, 0.2) is 59.0 Å². The monoisotopic (exact) mass is 662 g/mol. The van der Waals surface area contributed by atoms with Gasteiger partial charge in [-0.15, -0.1) is 0 Å². The van der Waals surface area contributed by atoms with Crippen molar-refractivity contribution in [3.05, 3.63) is 71.1 Å². The van der Waals surface area contributed by atoms with Crippen LogP contribution in [0.5, 0.6) is 0 Å². The summed E-state index contributed by atoms with van der Waals surface area (Å²) in [7, 11) is 0. The van der Waals surface area contributed by atoms with E-state index in [0.29, 0.717) is 68.1 Å². The van der Waals surface area contributed by atoms with E-state index in [1.807, 2.05) is 24.3 Å². The van der Waals surface area contributed by atoms with Crippen molar-refractivity contribution in [3.63, 3.8) is 0 Å². The largest absolute Gasteiger partial charge is 0.478 e. The van der Waals surface area contributed by atoms with Gasteiger partial charge in [0.2, 0.25) is 5.36 Å². The van der Waals surface area contributed by atoms with Gasteiger partial charge in [0, 0.05) is 67.1 Å². The summed E-state index contributed by atoms with van der Waals surface area (Å²) in [6, 6.07) is 17.8. The Balaban J connectivity index is 1.71. The van der Waals surface area contributed by atoms with Crippen LogP contribution in [0.4, 0.5) is 5.69 Å². The average molecular weight is 663 g/mol. The predicted molar refractivity (Wildman–Crippen MR) is 193 cm³/mol. The Morgan fingerprint density at radius 3 is 2.34 bits per heavy atom. The van der Waals surface area contributed by atoms with Crippen molar-refractivity contribution < 1.29 is 23.8 Å². The zero-order valence-corrected chi connectivity index (χ0v) is 28.8. The van der Waals surface area contributed by atoms with Gasteiger partial charge in [0.1, 0.15) is 24.4 Å². The van der Waals surface area contributed by atoms with Gasteiger partial charge in [-0.25, -0.2) is 9.37 Å². The number of carboxylic acid groups (broad SMARTS) is 1. The number of benzene rings is 3. The molecule has 1 heterocycles. The Kier molecular flexibility index (Phi) is 13.5. The third-order valence-corrected chi connectivity index (χ3v) is 8.44. The standard InChI is InChI=1S/C36H47N5O5S/c1-5-40(6-2)26-10-13-29-32(22-26)46-33-23-27(41(7-3)8-4)11-14-30(33)34(29)31-21-25(9-12-28(31)35(42)43)24-39-36(47)38-16-18-45-20-19-44-17-15-37/h9-14,21-23H,5-8,15-20,24,37H2,1-4H3,(H2-,38,39,42,43,47)/p+1. The Morgan fingerprint density at radius 2 is 1.66 bits per heavy atom. The minimum Gasteiger partial charge on any atom is -0.478 e. The van der Waals surface area contributed by atoms with Gasteiger partial charge in [0.05, 0.1) is 38.1 Å². The number of ether oxygens (including phenoxy) is 2. The molecule has 4 rings (SSSR count). The predicted octanol–water partition coefficient (Wildman–Crippen LogP) is 4.52. The molecule has 2 aromatic rings. The lowest BCUT2D eigenvalue weighted by molar-refractivity contribution is 0.0529. The molecule has 0 saturated carbocycles. The molecule has 0 atom stereocenters. The first-order valence-electron chi connectivity index (χ1n) is 16.4. The lowest BCUT2D eigenvalue weighted by atomic mass is 9.89. The first kappa shape index (κ1) is 35.8. The highest BCUT2D eigenvalue weighted by Gasteiger charge is 2.23. The fourth-order valence-electron chi connectivity index (χ4n) is 5.71. The maximum absolute atomic E-state index is 12.6. The van der Waals surface area contributed by atoms with Crippen LogP contribution in [-0.2, 0) is 16.0 Å². The van der Waals surface area contributed by atoms with E-state index in [-0.39, 0.29) is 5.56 Å². The number of carbonyl (C=O) groups is 1. The second-order valence-corrected chi connectivity index (χ2v) is 11.4. The van der Waals surface area contributed by atoms with E-state index in [1.54, 1.807) is 6.07 Å². The maximum atomic E-state index is 12.6. The van der Waals surface area contributed by atoms with Crippen LogP contribution in [0.2, 0.25) is 0 Å². The summed E-state index contributed by atoms with van der Waals surface area (Å²) in [6.45, 7) is 15.4. The highest BCUT2D eigenvalue weighted by Crippen LogP contribution is 2.42. The molecule has 0 spiro atoms. The number of hydrogen-bond acceptors (Lipinski definition) is 7. The SMILES string of the molecule is CCN(CC)c1ccc2c(-c3cc(CNC(=S)NCCOCCOCCN)ccc3C(=O)O)c3ccc(=[N+](CC)CC)cc-3oc2c1. The summed E-state index contributed by atoms with van der Waals surface area (Å²) >= 11 is 5.48. The van der Waals surface area contributed by atoms with Crippen LogP contribution in [0.25, 0.3) is 33.4 Å². The number of nitrogens with two attached hydrogens (primary N) is 1. The average Bonchev–Trinajstić information content (AvgIpc) is 3.08. The van der Waals surface area contributed by atoms with Gasteiger partial charge in [-0.2, -0.15) is 0 Å². The second kappa shape index (κ2) is 17.8. The van der Waals surface area contributed by atoms with Crippen LogP contribution in [0.3, 0.4) is 0 Å². The van der Waals surface area contributed by atoms with Crippen molar-refractivity contribution in [2.75, 3.05) is 70.6 Å². The van der Waals surface area contributed by atoms with Gasteiger partial charge in [-0.3, -0.25) is 0 Å². The van der Waals surface area contributed by atoms with Crippen LogP contribution in [0.1, 0.15) is 43.6 Å². The second-order valence-electron chi connectivity index (χ2n) is 11.0. The van der Waals surface area contributed by atoms with E-state index in [0.717, 1.165) is 59.3 Å². The van der Waals surface area contributed by atoms with E-state index in [9.17, 15) is 9.90 Å².